The van der Waals surface area contributed by atoms with Crippen molar-refractivity contribution in [3.05, 3.63) is 42.2 Å². The third-order valence-electron chi connectivity index (χ3n) is 4.90. The summed E-state index contributed by atoms with van der Waals surface area (Å²) in [6.45, 7) is 8.30. The number of anilines is 2. The lowest BCUT2D eigenvalue weighted by atomic mass is 10.1. The number of aromatic nitrogens is 2. The van der Waals surface area contributed by atoms with Crippen molar-refractivity contribution < 1.29 is 9.53 Å². The molecule has 150 valence electrons. The van der Waals surface area contributed by atoms with E-state index in [1.54, 1.807) is 19.5 Å². The molecule has 0 aliphatic carbocycles. The smallest absolute Gasteiger partial charge is 0.254 e. The molecule has 2 aromatic rings. The van der Waals surface area contributed by atoms with E-state index in [0.29, 0.717) is 24.0 Å². The fourth-order valence-corrected chi connectivity index (χ4v) is 3.22. The van der Waals surface area contributed by atoms with Crippen LogP contribution in [0.15, 0.2) is 36.7 Å². The van der Waals surface area contributed by atoms with Crippen LogP contribution in [0.4, 0.5) is 11.6 Å². The predicted octanol–water partition coefficient (Wildman–Crippen LogP) is 2.59. The van der Waals surface area contributed by atoms with Crippen LogP contribution in [0.1, 0.15) is 30.6 Å². The molecular formula is C21H29N5O2. The summed E-state index contributed by atoms with van der Waals surface area (Å²) in [5, 5.41) is 2.91. The van der Waals surface area contributed by atoms with Crippen molar-refractivity contribution in [2.45, 2.75) is 20.3 Å². The van der Waals surface area contributed by atoms with Crippen LogP contribution in [0.25, 0.3) is 0 Å². The first kappa shape index (κ1) is 19.9. The number of carbonyl (C=O) groups excluding carboxylic acids is 1. The van der Waals surface area contributed by atoms with Gasteiger partial charge in [0, 0.05) is 45.1 Å². The summed E-state index contributed by atoms with van der Waals surface area (Å²) < 4.78 is 5.47. The van der Waals surface area contributed by atoms with Gasteiger partial charge in [0.05, 0.1) is 18.4 Å². The zero-order valence-corrected chi connectivity index (χ0v) is 16.9. The number of amides is 1. The van der Waals surface area contributed by atoms with Crippen LogP contribution in [0, 0.1) is 5.92 Å². The highest BCUT2D eigenvalue weighted by molar-refractivity contribution is 5.93. The summed E-state index contributed by atoms with van der Waals surface area (Å²) >= 11 is 0. The predicted molar refractivity (Wildman–Crippen MR) is 111 cm³/mol. The van der Waals surface area contributed by atoms with Gasteiger partial charge in [-0.3, -0.25) is 4.79 Å². The molecule has 1 saturated heterocycles. The van der Waals surface area contributed by atoms with Crippen LogP contribution in [0.5, 0.6) is 5.75 Å². The number of carbonyl (C=O) groups is 1. The number of hydrogen-bond acceptors (Lipinski definition) is 6. The minimum absolute atomic E-state index is 0.117. The maximum Gasteiger partial charge on any atom is 0.254 e. The molecule has 1 aromatic heterocycles. The Labute approximate surface area is 166 Å². The van der Waals surface area contributed by atoms with Crippen LogP contribution >= 0.6 is 0 Å². The number of hydrogen-bond donors (Lipinski definition) is 1. The fourth-order valence-electron chi connectivity index (χ4n) is 3.22. The van der Waals surface area contributed by atoms with Crippen molar-refractivity contribution in [2.75, 3.05) is 49.6 Å². The van der Waals surface area contributed by atoms with Crippen LogP contribution in [-0.2, 0) is 0 Å². The van der Waals surface area contributed by atoms with Gasteiger partial charge >= 0.3 is 0 Å². The van der Waals surface area contributed by atoms with Gasteiger partial charge in [0.1, 0.15) is 5.75 Å². The van der Waals surface area contributed by atoms with E-state index < -0.39 is 0 Å². The number of ether oxygens (including phenoxy) is 1. The Bertz CT molecular complexity index is 771. The quantitative estimate of drug-likeness (QED) is 0.792. The monoisotopic (exact) mass is 383 g/mol. The molecule has 0 atom stereocenters. The number of nitrogens with one attached hydrogen (secondary N) is 1. The highest BCUT2D eigenvalue weighted by atomic mass is 16.5. The SMILES string of the molecule is COc1ccccc1N1CCN(c2ncc(C(=O)NCCC(C)C)cn2)CC1. The molecule has 0 radical (unpaired) electrons. The van der Waals surface area contributed by atoms with Crippen molar-refractivity contribution >= 4 is 17.5 Å². The number of nitrogens with zero attached hydrogens (tertiary/aromatic N) is 4. The molecule has 7 nitrogen and oxygen atoms in total. The van der Waals surface area contributed by atoms with E-state index in [4.69, 9.17) is 4.74 Å². The Morgan fingerprint density at radius 2 is 1.75 bits per heavy atom. The molecule has 7 heteroatoms. The van der Waals surface area contributed by atoms with Crippen LogP contribution < -0.4 is 19.9 Å². The molecule has 3 rings (SSSR count). The maximum atomic E-state index is 12.2. The highest BCUT2D eigenvalue weighted by Crippen LogP contribution is 2.28. The minimum Gasteiger partial charge on any atom is -0.495 e. The zero-order valence-electron chi connectivity index (χ0n) is 16.9. The number of piperazine rings is 1. The molecule has 1 fully saturated rings. The van der Waals surface area contributed by atoms with Crippen molar-refractivity contribution in [3.8, 4) is 5.75 Å². The second-order valence-corrected chi connectivity index (χ2v) is 7.36. The van der Waals surface area contributed by atoms with E-state index >= 15 is 0 Å². The summed E-state index contributed by atoms with van der Waals surface area (Å²) in [6.07, 6.45) is 4.18. The van der Waals surface area contributed by atoms with Gasteiger partial charge in [-0.2, -0.15) is 0 Å². The van der Waals surface area contributed by atoms with E-state index in [2.05, 4.69) is 45.0 Å². The third kappa shape index (κ3) is 4.91. The number of para-hydroxylation sites is 2. The van der Waals surface area contributed by atoms with Gasteiger partial charge < -0.3 is 19.9 Å². The second-order valence-electron chi connectivity index (χ2n) is 7.36. The van der Waals surface area contributed by atoms with Crippen molar-refractivity contribution in [2.24, 2.45) is 5.92 Å². The van der Waals surface area contributed by atoms with Crippen LogP contribution in [0.3, 0.4) is 0 Å². The average Bonchev–Trinajstić information content (AvgIpc) is 2.73. The minimum atomic E-state index is -0.117. The number of methoxy groups -OCH3 is 1. The summed E-state index contributed by atoms with van der Waals surface area (Å²) in [5.41, 5.74) is 1.61. The molecule has 0 unspecified atom stereocenters. The Balaban J connectivity index is 1.55. The van der Waals surface area contributed by atoms with E-state index in [1.165, 1.54) is 0 Å². The lowest BCUT2D eigenvalue weighted by molar-refractivity contribution is 0.0951. The van der Waals surface area contributed by atoms with Gasteiger partial charge in [0.2, 0.25) is 5.95 Å². The molecule has 28 heavy (non-hydrogen) atoms. The molecule has 0 bridgehead atoms. The first-order valence-corrected chi connectivity index (χ1v) is 9.81. The average molecular weight is 383 g/mol. The number of rotatable bonds is 7. The zero-order chi connectivity index (χ0) is 19.9. The first-order valence-electron chi connectivity index (χ1n) is 9.81. The molecule has 0 saturated carbocycles. The standard InChI is InChI=1S/C21H29N5O2/c1-16(2)8-9-22-20(27)17-14-23-21(24-15-17)26-12-10-25(11-13-26)18-6-4-5-7-19(18)28-3/h4-7,14-16H,8-13H2,1-3H3,(H,22,27). The maximum absolute atomic E-state index is 12.2. The van der Waals surface area contributed by atoms with Crippen LogP contribution in [-0.4, -0.2) is 55.7 Å². The molecule has 0 spiro atoms. The van der Waals surface area contributed by atoms with Crippen molar-refractivity contribution in [3.63, 3.8) is 0 Å². The fraction of sp³-hybridized carbons (Fsp3) is 0.476. The van der Waals surface area contributed by atoms with Crippen molar-refractivity contribution in [1.29, 1.82) is 0 Å². The molecule has 2 heterocycles. The lowest BCUT2D eigenvalue weighted by Gasteiger charge is -2.36. The molecule has 1 amide bonds. The molecular weight excluding hydrogens is 354 g/mol. The van der Waals surface area contributed by atoms with Gasteiger partial charge in [-0.15, -0.1) is 0 Å². The summed E-state index contributed by atoms with van der Waals surface area (Å²) in [7, 11) is 1.70. The van der Waals surface area contributed by atoms with Gasteiger partial charge in [-0.1, -0.05) is 26.0 Å². The molecule has 1 aromatic carbocycles. The van der Waals surface area contributed by atoms with E-state index in [0.717, 1.165) is 44.0 Å². The van der Waals surface area contributed by atoms with Gasteiger partial charge in [0.15, 0.2) is 0 Å². The van der Waals surface area contributed by atoms with E-state index in [-0.39, 0.29) is 5.91 Å². The summed E-state index contributed by atoms with van der Waals surface area (Å²) in [5.74, 6) is 2.00. The van der Waals surface area contributed by atoms with E-state index in [9.17, 15) is 4.79 Å². The largest absolute Gasteiger partial charge is 0.495 e. The van der Waals surface area contributed by atoms with Crippen molar-refractivity contribution in [1.82, 2.24) is 15.3 Å². The summed E-state index contributed by atoms with van der Waals surface area (Å²) in [6, 6.07) is 8.07. The Kier molecular flexibility index (Phi) is 6.68. The molecule has 1 aliphatic rings. The Morgan fingerprint density at radius 3 is 2.39 bits per heavy atom. The van der Waals surface area contributed by atoms with E-state index in [1.807, 2.05) is 18.2 Å². The lowest BCUT2D eigenvalue weighted by Crippen LogP contribution is -2.47. The van der Waals surface area contributed by atoms with Gasteiger partial charge in [-0.05, 0) is 24.5 Å². The second kappa shape index (κ2) is 9.39. The van der Waals surface area contributed by atoms with Gasteiger partial charge in [0.25, 0.3) is 5.91 Å². The van der Waals surface area contributed by atoms with Gasteiger partial charge in [-0.25, -0.2) is 9.97 Å². The topological polar surface area (TPSA) is 70.6 Å². The number of benzene rings is 1. The molecule has 1 N–H and O–H groups in total. The normalized spacial score (nSPS) is 14.3. The first-order chi connectivity index (χ1) is 13.6. The molecule has 1 aliphatic heterocycles. The van der Waals surface area contributed by atoms with Crippen LogP contribution in [0.2, 0.25) is 0 Å². The Morgan fingerprint density at radius 1 is 1.11 bits per heavy atom. The highest BCUT2D eigenvalue weighted by Gasteiger charge is 2.21. The third-order valence-corrected chi connectivity index (χ3v) is 4.90. The summed E-state index contributed by atoms with van der Waals surface area (Å²) in [4.78, 5) is 25.4. The Hall–Kier alpha value is -2.83.